The van der Waals surface area contributed by atoms with Gasteiger partial charge in [-0.3, -0.25) is 24.3 Å². The van der Waals surface area contributed by atoms with Crippen LogP contribution in [-0.4, -0.2) is 84.2 Å². The largest absolute Gasteiger partial charge is 0.477 e. The van der Waals surface area contributed by atoms with Gasteiger partial charge in [-0.1, -0.05) is 39.9 Å². The van der Waals surface area contributed by atoms with Gasteiger partial charge in [0.2, 0.25) is 6.41 Å². The fourth-order valence-corrected chi connectivity index (χ4v) is 8.23. The molecular weight excluding hydrogens is 624 g/mol. The summed E-state index contributed by atoms with van der Waals surface area (Å²) in [5.41, 5.74) is 11.4. The van der Waals surface area contributed by atoms with Gasteiger partial charge in [-0.05, 0) is 11.6 Å². The Hall–Kier alpha value is -3.03. The quantitative estimate of drug-likeness (QED) is 0.0468. The number of hydrogen-bond acceptors (Lipinski definition) is 14. The first-order chi connectivity index (χ1) is 19.2. The number of nitrogen functional groups attached to an aromatic ring is 1. The summed E-state index contributed by atoms with van der Waals surface area (Å²) in [7, 11) is 0. The molecule has 4 rings (SSSR count). The number of pyridine rings is 1. The first-order valence-corrected chi connectivity index (χ1v) is 15.4. The lowest BCUT2D eigenvalue weighted by Crippen LogP contribution is -2.71. The minimum atomic E-state index is -1.29. The zero-order chi connectivity index (χ0) is 29.0. The Morgan fingerprint density at radius 2 is 2.20 bits per heavy atom. The average molecular weight is 645 g/mol. The Morgan fingerprint density at radius 3 is 2.85 bits per heavy atom. The maximum atomic E-state index is 13.1. The van der Waals surface area contributed by atoms with Crippen molar-refractivity contribution in [3.8, 4) is 0 Å². The van der Waals surface area contributed by atoms with Crippen molar-refractivity contribution in [2.24, 2.45) is 10.9 Å². The van der Waals surface area contributed by atoms with Crippen LogP contribution in [0.2, 0.25) is 4.34 Å². The number of thioether (sulfide) groups is 3. The molecule has 2 aliphatic rings. The Bertz CT molecular complexity index is 1400. The number of fused-ring (bicyclic) bond motifs is 1. The smallest absolute Gasteiger partial charge is 0.353 e. The molecule has 2 aliphatic heterocycles. The van der Waals surface area contributed by atoms with Crippen LogP contribution in [0.5, 0.6) is 0 Å². The lowest BCUT2D eigenvalue weighted by molar-refractivity contribution is -0.150. The number of rotatable bonds is 12. The minimum absolute atomic E-state index is 0.0289. The number of anilines is 1. The second-order valence-electron chi connectivity index (χ2n) is 8.05. The van der Waals surface area contributed by atoms with E-state index in [1.165, 1.54) is 35.3 Å². The van der Waals surface area contributed by atoms with E-state index >= 15 is 0 Å². The van der Waals surface area contributed by atoms with Gasteiger partial charge in [-0.15, -0.1) is 11.8 Å². The maximum absolute atomic E-state index is 13.1. The van der Waals surface area contributed by atoms with Gasteiger partial charge >= 0.3 is 5.97 Å². The lowest BCUT2D eigenvalue weighted by atomic mass is 10.0. The van der Waals surface area contributed by atoms with Crippen LogP contribution in [0, 0.1) is 0 Å². The predicted octanol–water partition coefficient (Wildman–Crippen LogP) is 0.704. The molecule has 0 aliphatic carbocycles. The molecule has 4 heterocycles. The number of nitrogens with zero attached hydrogens (tertiary/aromatic N) is 4. The molecule has 0 saturated carbocycles. The van der Waals surface area contributed by atoms with Gasteiger partial charge in [0.05, 0.1) is 6.17 Å². The fourth-order valence-electron chi connectivity index (χ4n) is 3.73. The standard InChI is InChI=1S/C21H21ClN8O6S4/c22-16-12(28-21(24)40-16)13(29-36)17(32)27-14-18(33)30-15(20(34)35)10(5-38-19(14)30)39-9-1-2-25-3-8(9)4-37-6-11(23)26-7-31/h1-3,7,11,14,19,36H,4-6,23H2,(H2,24,28)(H,26,31)(H,27,32)(H,34,35)/b29-13-/t11-,14-,19+/m1/s1. The number of hydrogen-bond donors (Lipinski definition) is 6. The van der Waals surface area contributed by atoms with Crippen molar-refractivity contribution in [1.82, 2.24) is 25.5 Å². The van der Waals surface area contributed by atoms with E-state index in [0.29, 0.717) is 22.8 Å². The zero-order valence-corrected chi connectivity index (χ0v) is 24.2. The van der Waals surface area contributed by atoms with E-state index in [4.69, 9.17) is 23.1 Å². The van der Waals surface area contributed by atoms with Gasteiger partial charge in [-0.25, -0.2) is 9.78 Å². The number of thiazole rings is 1. The predicted molar refractivity (Wildman–Crippen MR) is 153 cm³/mol. The molecule has 3 atom stereocenters. The Morgan fingerprint density at radius 1 is 1.43 bits per heavy atom. The highest BCUT2D eigenvalue weighted by atomic mass is 35.5. The molecule has 0 unspecified atom stereocenters. The van der Waals surface area contributed by atoms with Crippen LogP contribution in [-0.2, 0) is 24.9 Å². The third-order valence-electron chi connectivity index (χ3n) is 5.49. The summed E-state index contributed by atoms with van der Waals surface area (Å²) in [5, 5.41) is 26.7. The summed E-state index contributed by atoms with van der Waals surface area (Å²) < 4.78 is 0.0289. The van der Waals surface area contributed by atoms with Crippen molar-refractivity contribution in [3.63, 3.8) is 0 Å². The molecule has 2 aromatic heterocycles. The second-order valence-corrected chi connectivity index (χ2v) is 13.0. The molecule has 8 N–H and O–H groups in total. The molecule has 1 fully saturated rings. The van der Waals surface area contributed by atoms with Gasteiger partial charge in [0.25, 0.3) is 11.8 Å². The molecule has 0 aromatic carbocycles. The van der Waals surface area contributed by atoms with Crippen molar-refractivity contribution in [2.45, 2.75) is 28.2 Å². The third kappa shape index (κ3) is 6.31. The number of amides is 3. The van der Waals surface area contributed by atoms with Gasteiger partial charge in [0.1, 0.15) is 27.1 Å². The highest BCUT2D eigenvalue weighted by Gasteiger charge is 2.54. The molecule has 14 nitrogen and oxygen atoms in total. The van der Waals surface area contributed by atoms with Crippen molar-refractivity contribution in [1.29, 1.82) is 0 Å². The first-order valence-electron chi connectivity index (χ1n) is 11.2. The van der Waals surface area contributed by atoms with Gasteiger partial charge in [-0.2, -0.15) is 11.8 Å². The monoisotopic (exact) mass is 644 g/mol. The molecule has 3 amide bonds. The lowest BCUT2D eigenvalue weighted by Gasteiger charge is -2.49. The van der Waals surface area contributed by atoms with Crippen molar-refractivity contribution >= 4 is 93.3 Å². The number of aliphatic carboxylic acids is 1. The summed E-state index contributed by atoms with van der Waals surface area (Å²) >= 11 is 10.9. The summed E-state index contributed by atoms with van der Waals surface area (Å²) in [5.74, 6) is -1.62. The number of carbonyl (C=O) groups excluding carboxylic acids is 3. The second kappa shape index (κ2) is 13.1. The summed E-state index contributed by atoms with van der Waals surface area (Å²) in [4.78, 5) is 59.0. The molecule has 0 spiro atoms. The van der Waals surface area contributed by atoms with Crippen LogP contribution < -0.4 is 22.1 Å². The van der Waals surface area contributed by atoms with Crippen LogP contribution in [0.3, 0.4) is 0 Å². The minimum Gasteiger partial charge on any atom is -0.477 e. The number of β-lactam (4-membered cyclic amide) rings is 1. The molecule has 19 heteroatoms. The van der Waals surface area contributed by atoms with E-state index in [-0.39, 0.29) is 26.6 Å². The fraction of sp³-hybridized carbons (Fsp3) is 0.286. The Labute approximate surface area is 248 Å². The van der Waals surface area contributed by atoms with E-state index in [9.17, 15) is 29.5 Å². The molecule has 0 bridgehead atoms. The number of nitrogens with one attached hydrogen (secondary N) is 2. The number of carboxylic acid groups (broad SMARTS) is 1. The SMILES string of the molecule is Nc1nc(/C(=N/O)C(=O)N[C@@H]2C(=O)N3C(C(=O)O)=C(Sc4ccncc4CSC[C@H](N)NC=O)CS[C@@H]23)c(Cl)s1. The van der Waals surface area contributed by atoms with Gasteiger partial charge < -0.3 is 32.4 Å². The molecule has 212 valence electrons. The first kappa shape index (κ1) is 29.9. The number of nitrogens with two attached hydrogens (primary N) is 2. The molecular formula is C21H21ClN8O6S4. The van der Waals surface area contributed by atoms with Gasteiger partial charge in [0, 0.05) is 39.5 Å². The number of oxime groups is 1. The number of aromatic nitrogens is 2. The van der Waals surface area contributed by atoms with Crippen LogP contribution in [0.1, 0.15) is 11.3 Å². The average Bonchev–Trinajstić information content (AvgIpc) is 3.25. The van der Waals surface area contributed by atoms with Crippen LogP contribution in [0.15, 0.2) is 39.1 Å². The number of carboxylic acids is 1. The van der Waals surface area contributed by atoms with E-state index < -0.39 is 41.1 Å². The Kier molecular flexibility index (Phi) is 9.80. The maximum Gasteiger partial charge on any atom is 0.353 e. The molecule has 0 radical (unpaired) electrons. The zero-order valence-electron chi connectivity index (χ0n) is 20.1. The summed E-state index contributed by atoms with van der Waals surface area (Å²) in [6, 6.07) is 0.683. The van der Waals surface area contributed by atoms with Crippen molar-refractivity contribution < 1.29 is 29.5 Å². The third-order valence-corrected chi connectivity index (χ3v) is 10.4. The van der Waals surface area contributed by atoms with Crippen LogP contribution in [0.25, 0.3) is 0 Å². The van der Waals surface area contributed by atoms with E-state index in [1.54, 1.807) is 18.5 Å². The van der Waals surface area contributed by atoms with E-state index in [0.717, 1.165) is 26.7 Å². The topological polar surface area (TPSA) is 226 Å². The van der Waals surface area contributed by atoms with Crippen molar-refractivity contribution in [2.75, 3.05) is 17.2 Å². The van der Waals surface area contributed by atoms with Crippen LogP contribution >= 0.6 is 58.2 Å². The van der Waals surface area contributed by atoms with E-state index in [2.05, 4.69) is 25.8 Å². The summed E-state index contributed by atoms with van der Waals surface area (Å²) in [6.45, 7) is 0. The van der Waals surface area contributed by atoms with Gasteiger partial charge in [0.15, 0.2) is 10.8 Å². The van der Waals surface area contributed by atoms with Crippen molar-refractivity contribution in [3.05, 3.63) is 44.7 Å². The molecule has 40 heavy (non-hydrogen) atoms. The molecule has 1 saturated heterocycles. The normalized spacial score (nSPS) is 19.5. The number of carbonyl (C=O) groups is 4. The summed E-state index contributed by atoms with van der Waals surface area (Å²) in [6.07, 6.45) is 3.27. The Balaban J connectivity index is 1.48. The highest BCUT2D eigenvalue weighted by Crippen LogP contribution is 2.46. The highest BCUT2D eigenvalue weighted by molar-refractivity contribution is 8.06. The number of halogens is 1. The van der Waals surface area contributed by atoms with E-state index in [1.807, 2.05) is 0 Å². The van der Waals surface area contributed by atoms with Crippen LogP contribution in [0.4, 0.5) is 5.13 Å². The molecule has 2 aromatic rings.